The fourth-order valence-electron chi connectivity index (χ4n) is 7.68. The standard InChI is InChI=1S/C42H50BrFN4O4Si/c1-28(51-7)38-33(22-29(26-45-38)47-18-20-48(21-19-47)40(49)50)39-34(32-23-35(43)36(44)24-37(32)46-39)25-42(5,6)27-52-53(41(2,3)4,30-14-10-8-11-15-30)31-16-12-9-13-17-31/h8-17,22-24,26,28,46H,18-21,25,27H2,1-7H3,(H,49,50)/t28-/m0/s1. The lowest BCUT2D eigenvalue weighted by molar-refractivity contribution is 0.116. The van der Waals surface area contributed by atoms with E-state index in [1.165, 1.54) is 15.3 Å². The minimum Gasteiger partial charge on any atom is -0.465 e. The van der Waals surface area contributed by atoms with Crippen LogP contribution in [0.4, 0.5) is 14.9 Å². The summed E-state index contributed by atoms with van der Waals surface area (Å²) in [5.74, 6) is -0.347. The highest BCUT2D eigenvalue weighted by atomic mass is 79.9. The minimum absolute atomic E-state index is 0.173. The molecule has 0 spiro atoms. The highest BCUT2D eigenvalue weighted by Crippen LogP contribution is 2.42. The minimum atomic E-state index is -2.81. The molecule has 0 bridgehead atoms. The molecular weight excluding hydrogens is 751 g/mol. The first-order valence-corrected chi connectivity index (χ1v) is 20.9. The van der Waals surface area contributed by atoms with Gasteiger partial charge in [-0.25, -0.2) is 9.18 Å². The van der Waals surface area contributed by atoms with Crippen LogP contribution in [0.5, 0.6) is 0 Å². The number of aromatic amines is 1. The molecular formula is C42H50BrFN4O4Si. The number of carboxylic acid groups (broad SMARTS) is 1. The Balaban J connectivity index is 1.44. The average molecular weight is 802 g/mol. The van der Waals surface area contributed by atoms with Crippen LogP contribution in [0.2, 0.25) is 5.04 Å². The number of aromatic nitrogens is 2. The molecule has 2 aromatic heterocycles. The second kappa shape index (κ2) is 15.4. The second-order valence-electron chi connectivity index (χ2n) is 15.8. The van der Waals surface area contributed by atoms with Crippen molar-refractivity contribution in [2.45, 2.75) is 59.1 Å². The SMILES string of the molecule is CO[C@@H](C)c1ncc(N2CCN(C(=O)O)CC2)cc1-c1[nH]c2cc(F)c(Br)cc2c1CC(C)(C)CO[Si](c1ccccc1)(c1ccccc1)C(C)(C)C. The zero-order chi connectivity index (χ0) is 38.1. The lowest BCUT2D eigenvalue weighted by atomic mass is 9.84. The Hall–Kier alpha value is -4.03. The Morgan fingerprint density at radius 2 is 1.58 bits per heavy atom. The molecule has 3 aromatic carbocycles. The first-order chi connectivity index (χ1) is 25.1. The first-order valence-electron chi connectivity index (χ1n) is 18.2. The van der Waals surface area contributed by atoms with Crippen molar-refractivity contribution in [1.29, 1.82) is 0 Å². The van der Waals surface area contributed by atoms with Crippen molar-refractivity contribution in [3.05, 3.63) is 107 Å². The van der Waals surface area contributed by atoms with Gasteiger partial charge in [0.25, 0.3) is 8.32 Å². The summed E-state index contributed by atoms with van der Waals surface area (Å²) in [6.45, 7) is 15.7. The van der Waals surface area contributed by atoms with Crippen LogP contribution in [0.1, 0.15) is 58.9 Å². The van der Waals surface area contributed by atoms with Gasteiger partial charge in [0.1, 0.15) is 5.82 Å². The van der Waals surface area contributed by atoms with Crippen LogP contribution in [-0.4, -0.2) is 74.3 Å². The van der Waals surface area contributed by atoms with Crippen LogP contribution in [0, 0.1) is 11.2 Å². The van der Waals surface area contributed by atoms with E-state index in [0.717, 1.165) is 33.6 Å². The topological polar surface area (TPSA) is 90.9 Å². The summed E-state index contributed by atoms with van der Waals surface area (Å²) in [5.41, 5.74) is 4.74. The van der Waals surface area contributed by atoms with Crippen molar-refractivity contribution in [2.75, 3.05) is 44.8 Å². The second-order valence-corrected chi connectivity index (χ2v) is 21.0. The van der Waals surface area contributed by atoms with E-state index in [1.54, 1.807) is 13.2 Å². The van der Waals surface area contributed by atoms with E-state index < -0.39 is 14.4 Å². The highest BCUT2D eigenvalue weighted by molar-refractivity contribution is 9.10. The number of hydrogen-bond donors (Lipinski definition) is 2. The van der Waals surface area contributed by atoms with Crippen molar-refractivity contribution < 1.29 is 23.5 Å². The molecule has 6 rings (SSSR count). The van der Waals surface area contributed by atoms with Crippen LogP contribution in [0.15, 0.2) is 89.5 Å². The monoisotopic (exact) mass is 800 g/mol. The quantitative estimate of drug-likeness (QED) is 0.130. The van der Waals surface area contributed by atoms with Gasteiger partial charge >= 0.3 is 6.09 Å². The van der Waals surface area contributed by atoms with Gasteiger partial charge in [-0.1, -0.05) is 95.3 Å². The molecule has 1 aliphatic rings. The molecule has 0 radical (unpaired) electrons. The Morgan fingerprint density at radius 3 is 2.13 bits per heavy atom. The molecule has 1 atom stereocenters. The zero-order valence-electron chi connectivity index (χ0n) is 31.7. The van der Waals surface area contributed by atoms with Crippen molar-refractivity contribution in [1.82, 2.24) is 14.9 Å². The van der Waals surface area contributed by atoms with Crippen LogP contribution in [0.3, 0.4) is 0 Å². The number of methoxy groups -OCH3 is 1. The van der Waals surface area contributed by atoms with Crippen molar-refractivity contribution in [3.63, 3.8) is 0 Å². The summed E-state index contributed by atoms with van der Waals surface area (Å²) in [6.07, 6.45) is 1.24. The van der Waals surface area contributed by atoms with E-state index >= 15 is 4.39 Å². The summed E-state index contributed by atoms with van der Waals surface area (Å²) in [5, 5.41) is 12.7. The Labute approximate surface area is 321 Å². The number of pyridine rings is 1. The van der Waals surface area contributed by atoms with E-state index in [9.17, 15) is 9.90 Å². The molecule has 1 amide bonds. The van der Waals surface area contributed by atoms with Gasteiger partial charge in [-0.15, -0.1) is 0 Å². The summed E-state index contributed by atoms with van der Waals surface area (Å²) in [7, 11) is -1.15. The molecule has 53 heavy (non-hydrogen) atoms. The third-order valence-electron chi connectivity index (χ3n) is 10.5. The Kier molecular flexibility index (Phi) is 11.2. The number of piperazine rings is 1. The van der Waals surface area contributed by atoms with Gasteiger partial charge in [-0.3, -0.25) is 4.98 Å². The molecule has 0 saturated carbocycles. The number of halogens is 2. The van der Waals surface area contributed by atoms with E-state index in [0.29, 0.717) is 49.2 Å². The Morgan fingerprint density at radius 1 is 0.981 bits per heavy atom. The van der Waals surface area contributed by atoms with E-state index in [4.69, 9.17) is 14.1 Å². The van der Waals surface area contributed by atoms with Crippen molar-refractivity contribution in [3.8, 4) is 11.3 Å². The van der Waals surface area contributed by atoms with Gasteiger partial charge in [-0.05, 0) is 73.9 Å². The fourth-order valence-corrected chi connectivity index (χ4v) is 12.8. The van der Waals surface area contributed by atoms with Crippen molar-refractivity contribution in [2.24, 2.45) is 5.41 Å². The maximum absolute atomic E-state index is 15.1. The fraction of sp³-hybridized carbons (Fsp3) is 0.381. The first kappa shape index (κ1) is 38.7. The molecule has 1 saturated heterocycles. The van der Waals surface area contributed by atoms with Gasteiger partial charge in [0.2, 0.25) is 0 Å². The average Bonchev–Trinajstić information content (AvgIpc) is 3.47. The lowest BCUT2D eigenvalue weighted by Crippen LogP contribution is -2.67. The number of fused-ring (bicyclic) bond motifs is 1. The van der Waals surface area contributed by atoms with E-state index in [2.05, 4.69) is 127 Å². The van der Waals surface area contributed by atoms with Crippen LogP contribution in [0.25, 0.3) is 22.2 Å². The normalized spacial score (nSPS) is 14.9. The van der Waals surface area contributed by atoms with Crippen LogP contribution < -0.4 is 15.3 Å². The molecule has 1 aliphatic heterocycles. The third kappa shape index (κ3) is 7.80. The van der Waals surface area contributed by atoms with Gasteiger partial charge in [0.05, 0.1) is 33.8 Å². The molecule has 5 aromatic rings. The number of ether oxygens (including phenoxy) is 1. The number of rotatable bonds is 11. The number of anilines is 1. The van der Waals surface area contributed by atoms with E-state index in [1.807, 2.05) is 19.2 Å². The number of nitrogens with one attached hydrogen (secondary N) is 1. The number of H-pyrrole nitrogens is 1. The summed E-state index contributed by atoms with van der Waals surface area (Å²) < 4.78 is 28.8. The number of amides is 1. The van der Waals surface area contributed by atoms with Gasteiger partial charge in [-0.2, -0.15) is 0 Å². The summed E-state index contributed by atoms with van der Waals surface area (Å²) in [6, 6.07) is 26.9. The van der Waals surface area contributed by atoms with Crippen LogP contribution >= 0.6 is 15.9 Å². The molecule has 2 N–H and O–H groups in total. The summed E-state index contributed by atoms with van der Waals surface area (Å²) in [4.78, 5) is 23.7. The number of carbonyl (C=O) groups is 1. The largest absolute Gasteiger partial charge is 0.465 e. The smallest absolute Gasteiger partial charge is 0.407 e. The van der Waals surface area contributed by atoms with Crippen LogP contribution in [-0.2, 0) is 15.6 Å². The predicted molar refractivity (Wildman–Crippen MR) is 217 cm³/mol. The van der Waals surface area contributed by atoms with Gasteiger partial charge in [0.15, 0.2) is 0 Å². The third-order valence-corrected chi connectivity index (χ3v) is 16.1. The predicted octanol–water partition coefficient (Wildman–Crippen LogP) is 8.78. The maximum atomic E-state index is 15.1. The number of nitrogens with zero attached hydrogens (tertiary/aromatic N) is 3. The van der Waals surface area contributed by atoms with Crippen molar-refractivity contribution >= 4 is 57.3 Å². The molecule has 0 aliphatic carbocycles. The molecule has 8 nitrogen and oxygen atoms in total. The van der Waals surface area contributed by atoms with E-state index in [-0.39, 0.29) is 22.4 Å². The maximum Gasteiger partial charge on any atom is 0.407 e. The molecule has 11 heteroatoms. The lowest BCUT2D eigenvalue weighted by Gasteiger charge is -2.44. The molecule has 280 valence electrons. The number of benzene rings is 3. The highest BCUT2D eigenvalue weighted by Gasteiger charge is 2.50. The number of hydrogen-bond acceptors (Lipinski definition) is 5. The molecule has 0 unspecified atom stereocenters. The zero-order valence-corrected chi connectivity index (χ0v) is 34.3. The Bertz CT molecular complexity index is 2020. The van der Waals surface area contributed by atoms with Gasteiger partial charge in [0, 0.05) is 56.4 Å². The summed E-state index contributed by atoms with van der Waals surface area (Å²) >= 11 is 3.46. The van der Waals surface area contributed by atoms with Gasteiger partial charge < -0.3 is 29.1 Å². The molecule has 3 heterocycles. The molecule has 1 fully saturated rings.